The van der Waals surface area contributed by atoms with Crippen LogP contribution < -0.4 is 5.32 Å². The van der Waals surface area contributed by atoms with Crippen LogP contribution in [0.1, 0.15) is 45.2 Å². The molecular weight excluding hydrogens is 283 g/mol. The van der Waals surface area contributed by atoms with E-state index in [1.165, 1.54) is 0 Å². The molecule has 1 aromatic heterocycles. The third-order valence-corrected chi connectivity index (χ3v) is 4.06. The highest BCUT2D eigenvalue weighted by Crippen LogP contribution is 2.33. The van der Waals surface area contributed by atoms with Gasteiger partial charge in [0.2, 0.25) is 5.95 Å². The van der Waals surface area contributed by atoms with Crippen molar-refractivity contribution < 1.29 is 17.9 Å². The summed E-state index contributed by atoms with van der Waals surface area (Å²) < 4.78 is 43.8. The second-order valence-corrected chi connectivity index (χ2v) is 5.34. The molecule has 1 aliphatic heterocycles. The Morgan fingerprint density at radius 2 is 2.10 bits per heavy atom. The summed E-state index contributed by atoms with van der Waals surface area (Å²) in [5.41, 5.74) is -1.12. The van der Waals surface area contributed by atoms with E-state index < -0.39 is 11.9 Å². The maximum atomic E-state index is 12.6. The first kappa shape index (κ1) is 16.0. The van der Waals surface area contributed by atoms with Crippen molar-refractivity contribution in [2.45, 2.75) is 57.3 Å². The Bertz CT molecular complexity index is 475. The molecule has 118 valence electrons. The molecule has 1 saturated heterocycles. The molecule has 7 heteroatoms. The van der Waals surface area contributed by atoms with E-state index in [-0.39, 0.29) is 17.6 Å². The molecule has 0 spiro atoms. The first-order valence-electron chi connectivity index (χ1n) is 7.19. The van der Waals surface area contributed by atoms with E-state index in [1.807, 2.05) is 0 Å². The van der Waals surface area contributed by atoms with Crippen molar-refractivity contribution >= 4 is 5.95 Å². The first-order valence-corrected chi connectivity index (χ1v) is 7.19. The minimum absolute atomic E-state index is 0.0258. The van der Waals surface area contributed by atoms with Crippen molar-refractivity contribution in [1.82, 2.24) is 9.97 Å². The molecule has 21 heavy (non-hydrogen) atoms. The molecular formula is C14H20F3N3O. The zero-order chi connectivity index (χ0) is 15.5. The maximum absolute atomic E-state index is 12.6. The van der Waals surface area contributed by atoms with Gasteiger partial charge >= 0.3 is 6.18 Å². The van der Waals surface area contributed by atoms with Crippen molar-refractivity contribution in [3.05, 3.63) is 18.0 Å². The Balaban J connectivity index is 2.08. The van der Waals surface area contributed by atoms with Gasteiger partial charge in [-0.3, -0.25) is 0 Å². The molecule has 0 aliphatic carbocycles. The number of anilines is 1. The summed E-state index contributed by atoms with van der Waals surface area (Å²) >= 11 is 0. The van der Waals surface area contributed by atoms with E-state index in [1.54, 1.807) is 0 Å². The summed E-state index contributed by atoms with van der Waals surface area (Å²) in [5, 5.41) is 3.01. The van der Waals surface area contributed by atoms with Crippen LogP contribution in [-0.2, 0) is 10.9 Å². The summed E-state index contributed by atoms with van der Waals surface area (Å²) in [7, 11) is 0. The topological polar surface area (TPSA) is 47.0 Å². The molecule has 1 N–H and O–H groups in total. The van der Waals surface area contributed by atoms with Crippen molar-refractivity contribution in [3.8, 4) is 0 Å². The zero-order valence-electron chi connectivity index (χ0n) is 12.2. The second-order valence-electron chi connectivity index (χ2n) is 5.34. The summed E-state index contributed by atoms with van der Waals surface area (Å²) in [4.78, 5) is 7.43. The summed E-state index contributed by atoms with van der Waals surface area (Å²) in [6, 6.07) is 0.902. The molecule has 0 amide bonds. The van der Waals surface area contributed by atoms with Gasteiger partial charge in [-0.25, -0.2) is 9.97 Å². The predicted molar refractivity (Wildman–Crippen MR) is 72.9 cm³/mol. The number of nitrogens with one attached hydrogen (secondary N) is 1. The lowest BCUT2D eigenvalue weighted by Crippen LogP contribution is -2.43. The third-order valence-electron chi connectivity index (χ3n) is 4.06. The third kappa shape index (κ3) is 3.84. The molecule has 1 unspecified atom stereocenters. The standard InChI is InChI=1S/C14H20F3N3O/c1-3-13(4-2)9-10(6-8-21-13)19-12-18-7-5-11(20-12)14(15,16)17/h5,7,10H,3-4,6,8-9H2,1-2H3,(H,18,19,20). The van der Waals surface area contributed by atoms with Crippen molar-refractivity contribution in [2.75, 3.05) is 11.9 Å². The number of nitrogens with zero attached hydrogens (tertiary/aromatic N) is 2. The number of rotatable bonds is 4. The van der Waals surface area contributed by atoms with E-state index in [0.717, 1.165) is 37.9 Å². The van der Waals surface area contributed by atoms with Crippen LogP contribution in [0, 0.1) is 0 Å². The normalized spacial score (nSPS) is 22.0. The number of ether oxygens (including phenoxy) is 1. The lowest BCUT2D eigenvalue weighted by atomic mass is 9.86. The van der Waals surface area contributed by atoms with Crippen molar-refractivity contribution in [3.63, 3.8) is 0 Å². The fourth-order valence-electron chi connectivity index (χ4n) is 2.66. The number of halogens is 3. The molecule has 2 rings (SSSR count). The van der Waals surface area contributed by atoms with Gasteiger partial charge in [0.25, 0.3) is 0 Å². The largest absolute Gasteiger partial charge is 0.433 e. The molecule has 0 radical (unpaired) electrons. The number of aromatic nitrogens is 2. The molecule has 2 heterocycles. The maximum Gasteiger partial charge on any atom is 0.433 e. The number of hydrogen-bond donors (Lipinski definition) is 1. The SMILES string of the molecule is CCC1(CC)CC(Nc2nccc(C(F)(F)F)n2)CCO1. The van der Waals surface area contributed by atoms with Crippen LogP contribution in [0.4, 0.5) is 19.1 Å². The molecule has 1 aromatic rings. The monoisotopic (exact) mass is 303 g/mol. The smallest absolute Gasteiger partial charge is 0.375 e. The molecule has 0 saturated carbocycles. The number of hydrogen-bond acceptors (Lipinski definition) is 4. The van der Waals surface area contributed by atoms with Crippen LogP contribution in [0.3, 0.4) is 0 Å². The van der Waals surface area contributed by atoms with Gasteiger partial charge in [0.05, 0.1) is 5.60 Å². The van der Waals surface area contributed by atoms with Gasteiger partial charge in [-0.15, -0.1) is 0 Å². The number of alkyl halides is 3. The Labute approximate surface area is 122 Å². The van der Waals surface area contributed by atoms with Crippen LogP contribution in [0.5, 0.6) is 0 Å². The first-order chi connectivity index (χ1) is 9.88. The second kappa shape index (κ2) is 6.17. The highest BCUT2D eigenvalue weighted by molar-refractivity contribution is 5.28. The van der Waals surface area contributed by atoms with E-state index >= 15 is 0 Å². The molecule has 0 bridgehead atoms. The van der Waals surface area contributed by atoms with Crippen LogP contribution >= 0.6 is 0 Å². The lowest BCUT2D eigenvalue weighted by Gasteiger charge is -2.40. The van der Waals surface area contributed by atoms with Gasteiger partial charge in [-0.2, -0.15) is 13.2 Å². The van der Waals surface area contributed by atoms with E-state index in [9.17, 15) is 13.2 Å². The van der Waals surface area contributed by atoms with E-state index in [4.69, 9.17) is 4.74 Å². The minimum Gasteiger partial charge on any atom is -0.375 e. The van der Waals surface area contributed by atoms with Crippen LogP contribution in [0.25, 0.3) is 0 Å². The van der Waals surface area contributed by atoms with Gasteiger partial charge in [-0.1, -0.05) is 13.8 Å². The van der Waals surface area contributed by atoms with Crippen molar-refractivity contribution in [1.29, 1.82) is 0 Å². The van der Waals surface area contributed by atoms with Gasteiger partial charge in [0.15, 0.2) is 0 Å². The Morgan fingerprint density at radius 1 is 1.38 bits per heavy atom. The molecule has 1 fully saturated rings. The van der Waals surface area contributed by atoms with Gasteiger partial charge in [-0.05, 0) is 31.7 Å². The average molecular weight is 303 g/mol. The molecule has 0 aromatic carbocycles. The van der Waals surface area contributed by atoms with Gasteiger partial charge < -0.3 is 10.1 Å². The fraction of sp³-hybridized carbons (Fsp3) is 0.714. The van der Waals surface area contributed by atoms with Gasteiger partial charge in [0, 0.05) is 18.8 Å². The van der Waals surface area contributed by atoms with Crippen molar-refractivity contribution in [2.24, 2.45) is 0 Å². The van der Waals surface area contributed by atoms with Crippen LogP contribution in [-0.4, -0.2) is 28.2 Å². The average Bonchev–Trinajstić information content (AvgIpc) is 2.47. The lowest BCUT2D eigenvalue weighted by molar-refractivity contribution is -0.141. The predicted octanol–water partition coefficient (Wildman–Crippen LogP) is 3.65. The summed E-state index contributed by atoms with van der Waals surface area (Å²) in [5.74, 6) is 0.0258. The molecule has 4 nitrogen and oxygen atoms in total. The van der Waals surface area contributed by atoms with Crippen LogP contribution in [0.15, 0.2) is 12.3 Å². The Kier molecular flexibility index (Phi) is 4.70. The Hall–Kier alpha value is -1.37. The van der Waals surface area contributed by atoms with E-state index in [0.29, 0.717) is 6.61 Å². The minimum atomic E-state index is -4.45. The highest BCUT2D eigenvalue weighted by Gasteiger charge is 2.36. The summed E-state index contributed by atoms with van der Waals surface area (Å²) in [6.45, 7) is 4.72. The van der Waals surface area contributed by atoms with Crippen LogP contribution in [0.2, 0.25) is 0 Å². The zero-order valence-corrected chi connectivity index (χ0v) is 12.2. The quantitative estimate of drug-likeness (QED) is 0.922. The van der Waals surface area contributed by atoms with Gasteiger partial charge in [0.1, 0.15) is 5.69 Å². The fourth-order valence-corrected chi connectivity index (χ4v) is 2.66. The highest BCUT2D eigenvalue weighted by atomic mass is 19.4. The summed E-state index contributed by atoms with van der Waals surface area (Å²) in [6.07, 6.45) is -0.0762. The molecule has 1 atom stereocenters. The Morgan fingerprint density at radius 3 is 2.71 bits per heavy atom. The molecule has 1 aliphatic rings. The van der Waals surface area contributed by atoms with E-state index in [2.05, 4.69) is 29.1 Å².